The number of hydrogen-bond acceptors (Lipinski definition) is 6. The Morgan fingerprint density at radius 3 is 3.05 bits per heavy atom. The van der Waals surface area contributed by atoms with E-state index in [9.17, 15) is 4.79 Å². The molecule has 0 spiro atoms. The zero-order valence-electron chi connectivity index (χ0n) is 10.00. The van der Waals surface area contributed by atoms with Crippen molar-refractivity contribution in [2.24, 2.45) is 7.05 Å². The van der Waals surface area contributed by atoms with Gasteiger partial charge in [0.05, 0.1) is 17.1 Å². The van der Waals surface area contributed by atoms with E-state index in [1.54, 1.807) is 25.2 Å². The normalized spacial score (nSPS) is 10.4. The van der Waals surface area contributed by atoms with Gasteiger partial charge in [0.25, 0.3) is 0 Å². The van der Waals surface area contributed by atoms with Gasteiger partial charge in [-0.05, 0) is 28.6 Å². The number of aryl methyl sites for hydroxylation is 1. The first-order chi connectivity index (χ1) is 9.06. The smallest absolute Gasteiger partial charge is 0.234 e. The molecule has 9 heteroatoms. The molecule has 1 amide bonds. The lowest BCUT2D eigenvalue weighted by molar-refractivity contribution is -0.113. The van der Waals surface area contributed by atoms with Gasteiger partial charge in [0.2, 0.25) is 11.1 Å². The number of halogens is 1. The Balaban J connectivity index is 1.94. The molecule has 1 aromatic heterocycles. The SMILES string of the molecule is Cn1nnnc1SCC(=O)Nc1cc(Cl)ccc1N. The molecule has 2 aromatic rings. The van der Waals surface area contributed by atoms with Crippen molar-refractivity contribution in [3.8, 4) is 0 Å². The number of amides is 1. The molecule has 7 nitrogen and oxygen atoms in total. The predicted octanol–water partition coefficient (Wildman–Crippen LogP) is 1.18. The minimum absolute atomic E-state index is 0.181. The fourth-order valence-corrected chi connectivity index (χ4v) is 2.12. The minimum Gasteiger partial charge on any atom is -0.397 e. The second-order valence-electron chi connectivity index (χ2n) is 3.65. The van der Waals surface area contributed by atoms with Crippen LogP contribution >= 0.6 is 23.4 Å². The Labute approximate surface area is 118 Å². The molecule has 0 aliphatic heterocycles. The highest BCUT2D eigenvalue weighted by Gasteiger charge is 2.09. The summed E-state index contributed by atoms with van der Waals surface area (Å²) in [7, 11) is 1.70. The van der Waals surface area contributed by atoms with E-state index in [0.717, 1.165) is 0 Å². The summed E-state index contributed by atoms with van der Waals surface area (Å²) < 4.78 is 1.49. The van der Waals surface area contributed by atoms with Crippen LogP contribution in [0.1, 0.15) is 0 Å². The molecule has 19 heavy (non-hydrogen) atoms. The number of aromatic nitrogens is 4. The predicted molar refractivity (Wildman–Crippen MR) is 74.0 cm³/mol. The van der Waals surface area contributed by atoms with E-state index in [1.807, 2.05) is 0 Å². The largest absolute Gasteiger partial charge is 0.397 e. The van der Waals surface area contributed by atoms with Gasteiger partial charge in [0, 0.05) is 12.1 Å². The second-order valence-corrected chi connectivity index (χ2v) is 5.03. The monoisotopic (exact) mass is 298 g/mol. The van der Waals surface area contributed by atoms with Crippen LogP contribution < -0.4 is 11.1 Å². The van der Waals surface area contributed by atoms with Crippen LogP contribution in [-0.4, -0.2) is 31.9 Å². The summed E-state index contributed by atoms with van der Waals surface area (Å²) in [5.74, 6) is -0.0258. The number of thioether (sulfide) groups is 1. The Hall–Kier alpha value is -1.80. The maximum atomic E-state index is 11.8. The van der Waals surface area contributed by atoms with Crippen LogP contribution in [0.4, 0.5) is 11.4 Å². The molecule has 2 rings (SSSR count). The average Bonchev–Trinajstić information content (AvgIpc) is 2.77. The Morgan fingerprint density at radius 1 is 1.58 bits per heavy atom. The number of benzene rings is 1. The summed E-state index contributed by atoms with van der Waals surface area (Å²) >= 11 is 7.07. The third-order valence-corrected chi connectivity index (χ3v) is 3.45. The van der Waals surface area contributed by atoms with E-state index < -0.39 is 0 Å². The van der Waals surface area contributed by atoms with Crippen molar-refractivity contribution in [1.82, 2.24) is 20.2 Å². The number of nitrogens with two attached hydrogens (primary N) is 1. The lowest BCUT2D eigenvalue weighted by atomic mass is 10.2. The highest BCUT2D eigenvalue weighted by atomic mass is 35.5. The molecule has 0 atom stereocenters. The molecule has 0 radical (unpaired) electrons. The highest BCUT2D eigenvalue weighted by molar-refractivity contribution is 7.99. The summed E-state index contributed by atoms with van der Waals surface area (Å²) in [5, 5.41) is 14.7. The molecule has 0 aliphatic rings. The molecule has 100 valence electrons. The summed E-state index contributed by atoms with van der Waals surface area (Å²) in [4.78, 5) is 11.8. The van der Waals surface area contributed by atoms with Crippen LogP contribution in [0.2, 0.25) is 5.02 Å². The lowest BCUT2D eigenvalue weighted by Gasteiger charge is -2.07. The molecular weight excluding hydrogens is 288 g/mol. The fourth-order valence-electron chi connectivity index (χ4n) is 1.30. The second kappa shape index (κ2) is 5.89. The highest BCUT2D eigenvalue weighted by Crippen LogP contribution is 2.23. The van der Waals surface area contributed by atoms with Gasteiger partial charge in [-0.1, -0.05) is 23.4 Å². The summed E-state index contributed by atoms with van der Waals surface area (Å²) in [6.07, 6.45) is 0. The molecule has 0 saturated heterocycles. The number of anilines is 2. The van der Waals surface area contributed by atoms with Crippen LogP contribution in [0.15, 0.2) is 23.4 Å². The third kappa shape index (κ3) is 3.58. The summed E-state index contributed by atoms with van der Waals surface area (Å²) in [6, 6.07) is 4.90. The van der Waals surface area contributed by atoms with E-state index in [4.69, 9.17) is 17.3 Å². The number of hydrogen-bond donors (Lipinski definition) is 2. The van der Waals surface area contributed by atoms with Gasteiger partial charge in [-0.15, -0.1) is 5.10 Å². The van der Waals surface area contributed by atoms with E-state index in [0.29, 0.717) is 21.6 Å². The number of carbonyl (C=O) groups excluding carboxylic acids is 1. The van der Waals surface area contributed by atoms with E-state index in [-0.39, 0.29) is 11.7 Å². The maximum absolute atomic E-state index is 11.8. The van der Waals surface area contributed by atoms with Gasteiger partial charge in [0.1, 0.15) is 0 Å². The van der Waals surface area contributed by atoms with Crippen LogP contribution in [0.3, 0.4) is 0 Å². The Morgan fingerprint density at radius 2 is 2.37 bits per heavy atom. The van der Waals surface area contributed by atoms with Gasteiger partial charge >= 0.3 is 0 Å². The molecule has 0 bridgehead atoms. The van der Waals surface area contributed by atoms with E-state index in [1.165, 1.54) is 16.4 Å². The third-order valence-electron chi connectivity index (χ3n) is 2.20. The number of nitrogens with one attached hydrogen (secondary N) is 1. The number of nitrogens with zero attached hydrogens (tertiary/aromatic N) is 4. The molecule has 3 N–H and O–H groups in total. The fraction of sp³-hybridized carbons (Fsp3) is 0.200. The van der Waals surface area contributed by atoms with Crippen molar-refractivity contribution in [2.75, 3.05) is 16.8 Å². The quantitative estimate of drug-likeness (QED) is 0.649. The molecule has 0 aliphatic carbocycles. The van der Waals surface area contributed by atoms with Crippen LogP contribution in [0.5, 0.6) is 0 Å². The van der Waals surface area contributed by atoms with Gasteiger partial charge in [-0.25, -0.2) is 4.68 Å². The molecule has 1 aromatic carbocycles. The van der Waals surface area contributed by atoms with Gasteiger partial charge < -0.3 is 11.1 Å². The van der Waals surface area contributed by atoms with E-state index in [2.05, 4.69) is 20.8 Å². The van der Waals surface area contributed by atoms with Crippen molar-refractivity contribution in [1.29, 1.82) is 0 Å². The zero-order valence-corrected chi connectivity index (χ0v) is 11.6. The molecule has 0 saturated carbocycles. The Bertz CT molecular complexity index is 601. The van der Waals surface area contributed by atoms with Crippen molar-refractivity contribution in [3.05, 3.63) is 23.2 Å². The molecule has 0 unspecified atom stereocenters. The van der Waals surface area contributed by atoms with Crippen LogP contribution in [-0.2, 0) is 11.8 Å². The van der Waals surface area contributed by atoms with Crippen molar-refractivity contribution >= 4 is 40.6 Å². The van der Waals surface area contributed by atoms with Crippen LogP contribution in [0, 0.1) is 0 Å². The summed E-state index contributed by atoms with van der Waals surface area (Å²) in [5.41, 5.74) is 6.69. The van der Waals surface area contributed by atoms with Crippen LogP contribution in [0.25, 0.3) is 0 Å². The molecular formula is C10H11ClN6OS. The first-order valence-corrected chi connectivity index (χ1v) is 6.62. The van der Waals surface area contributed by atoms with Crippen molar-refractivity contribution in [3.63, 3.8) is 0 Å². The number of nitrogen functional groups attached to an aromatic ring is 1. The Kier molecular flexibility index (Phi) is 4.23. The standard InChI is InChI=1S/C10H11ClN6OS/c1-17-10(14-15-16-17)19-5-9(18)13-8-4-6(11)2-3-7(8)12/h2-4H,5,12H2,1H3,(H,13,18). The molecule has 0 fully saturated rings. The number of carbonyl (C=O) groups is 1. The first kappa shape index (κ1) is 13.6. The summed E-state index contributed by atoms with van der Waals surface area (Å²) in [6.45, 7) is 0. The maximum Gasteiger partial charge on any atom is 0.234 e. The van der Waals surface area contributed by atoms with Gasteiger partial charge in [0.15, 0.2) is 0 Å². The van der Waals surface area contributed by atoms with Gasteiger partial charge in [-0.2, -0.15) is 0 Å². The first-order valence-electron chi connectivity index (χ1n) is 5.26. The zero-order chi connectivity index (χ0) is 13.8. The van der Waals surface area contributed by atoms with E-state index >= 15 is 0 Å². The molecule has 1 heterocycles. The van der Waals surface area contributed by atoms with Crippen molar-refractivity contribution in [2.45, 2.75) is 5.16 Å². The average molecular weight is 299 g/mol. The topological polar surface area (TPSA) is 98.7 Å². The number of rotatable bonds is 4. The van der Waals surface area contributed by atoms with Gasteiger partial charge in [-0.3, -0.25) is 4.79 Å². The minimum atomic E-state index is -0.207. The lowest BCUT2D eigenvalue weighted by Crippen LogP contribution is -2.15. The number of tetrazole rings is 1. The van der Waals surface area contributed by atoms with Crippen molar-refractivity contribution < 1.29 is 4.79 Å².